The van der Waals surface area contributed by atoms with Crippen molar-refractivity contribution in [3.8, 4) is 0 Å². The number of unbranched alkanes of at least 4 members (excludes halogenated alkanes) is 36. The summed E-state index contributed by atoms with van der Waals surface area (Å²) in [7, 11) is 0. The maximum Gasteiger partial charge on any atom is 0.222 e. The summed E-state index contributed by atoms with van der Waals surface area (Å²) in [5, 5.41) is 33.3. The van der Waals surface area contributed by atoms with Gasteiger partial charge in [-0.1, -0.05) is 263 Å². The molecule has 3 unspecified atom stereocenters. The van der Waals surface area contributed by atoms with Crippen molar-refractivity contribution in [2.45, 2.75) is 308 Å². The topological polar surface area (TPSA) is 89.8 Å². The molecule has 0 aromatic heterocycles. The highest BCUT2D eigenvalue weighted by molar-refractivity contribution is 5.76. The Morgan fingerprint density at radius 1 is 0.424 bits per heavy atom. The van der Waals surface area contributed by atoms with E-state index in [0.717, 1.165) is 32.1 Å². The second-order valence-corrected chi connectivity index (χ2v) is 18.5. The molecule has 0 heterocycles. The molecular weight excluding hydrogens is 727 g/mol. The molecule has 0 spiro atoms. The molecule has 350 valence electrons. The summed E-state index contributed by atoms with van der Waals surface area (Å²) in [5.74, 6) is -0.283. The number of nitrogens with one attached hydrogen (secondary N) is 1. The highest BCUT2D eigenvalue weighted by atomic mass is 16.3. The Kier molecular flexibility index (Phi) is 48.5. The van der Waals surface area contributed by atoms with Crippen LogP contribution in [0.5, 0.6) is 0 Å². The van der Waals surface area contributed by atoms with Crippen LogP contribution < -0.4 is 5.32 Å². The van der Waals surface area contributed by atoms with E-state index < -0.39 is 18.2 Å². The van der Waals surface area contributed by atoms with Crippen LogP contribution in [0.15, 0.2) is 24.3 Å². The molecule has 0 saturated heterocycles. The van der Waals surface area contributed by atoms with E-state index in [1.54, 1.807) is 0 Å². The zero-order valence-electron chi connectivity index (χ0n) is 39.9. The minimum absolute atomic E-state index is 0.0384. The fourth-order valence-electron chi connectivity index (χ4n) is 8.44. The van der Waals surface area contributed by atoms with E-state index >= 15 is 0 Å². The molecule has 0 aliphatic rings. The maximum atomic E-state index is 12.4. The summed E-state index contributed by atoms with van der Waals surface area (Å²) in [4.78, 5) is 12.4. The first-order valence-corrected chi connectivity index (χ1v) is 26.6. The molecule has 0 aliphatic heterocycles. The van der Waals surface area contributed by atoms with Gasteiger partial charge in [-0.25, -0.2) is 0 Å². The molecule has 5 nitrogen and oxygen atoms in total. The first-order chi connectivity index (χ1) is 29.0. The number of carbonyl (C=O) groups is 1. The third-order valence-corrected chi connectivity index (χ3v) is 12.5. The first kappa shape index (κ1) is 57.8. The van der Waals surface area contributed by atoms with Crippen molar-refractivity contribution in [2.24, 2.45) is 0 Å². The van der Waals surface area contributed by atoms with Crippen molar-refractivity contribution in [3.63, 3.8) is 0 Å². The van der Waals surface area contributed by atoms with Crippen LogP contribution in [0.3, 0.4) is 0 Å². The van der Waals surface area contributed by atoms with E-state index in [0.29, 0.717) is 12.8 Å². The van der Waals surface area contributed by atoms with Gasteiger partial charge in [0.1, 0.15) is 0 Å². The predicted octanol–water partition coefficient (Wildman–Crippen LogP) is 16.1. The number of hydrogen-bond acceptors (Lipinski definition) is 4. The lowest BCUT2D eigenvalue weighted by atomic mass is 10.0. The maximum absolute atomic E-state index is 12.4. The van der Waals surface area contributed by atoms with E-state index in [9.17, 15) is 20.1 Å². The third kappa shape index (κ3) is 46.2. The zero-order chi connectivity index (χ0) is 43.0. The van der Waals surface area contributed by atoms with Gasteiger partial charge in [-0.3, -0.25) is 4.79 Å². The molecule has 59 heavy (non-hydrogen) atoms. The molecule has 4 N–H and O–H groups in total. The van der Waals surface area contributed by atoms with Gasteiger partial charge in [0.2, 0.25) is 5.91 Å². The highest BCUT2D eigenvalue weighted by Crippen LogP contribution is 2.17. The largest absolute Gasteiger partial charge is 0.394 e. The molecule has 5 heteroatoms. The number of allylic oxidation sites excluding steroid dienone is 4. The second-order valence-electron chi connectivity index (χ2n) is 18.5. The molecule has 0 rings (SSSR count). The second kappa shape index (κ2) is 49.5. The van der Waals surface area contributed by atoms with E-state index in [-0.39, 0.29) is 18.9 Å². The summed E-state index contributed by atoms with van der Waals surface area (Å²) < 4.78 is 0. The molecule has 0 saturated carbocycles. The van der Waals surface area contributed by atoms with Crippen molar-refractivity contribution in [3.05, 3.63) is 24.3 Å². The van der Waals surface area contributed by atoms with Crippen LogP contribution in [0, 0.1) is 0 Å². The minimum atomic E-state index is -0.745. The summed E-state index contributed by atoms with van der Waals surface area (Å²) in [6, 6.07) is -0.655. The fourth-order valence-corrected chi connectivity index (χ4v) is 8.44. The number of amides is 1. The van der Waals surface area contributed by atoms with Gasteiger partial charge in [0.25, 0.3) is 0 Å². The van der Waals surface area contributed by atoms with Crippen LogP contribution in [-0.4, -0.2) is 46.1 Å². The van der Waals surface area contributed by atoms with Crippen molar-refractivity contribution >= 4 is 5.91 Å². The summed E-state index contributed by atoms with van der Waals surface area (Å²) in [5.41, 5.74) is 0. The van der Waals surface area contributed by atoms with Gasteiger partial charge in [0.05, 0.1) is 31.3 Å². The van der Waals surface area contributed by atoms with Crippen molar-refractivity contribution in [2.75, 3.05) is 6.61 Å². The van der Waals surface area contributed by atoms with E-state index in [2.05, 4.69) is 43.5 Å². The monoisotopic (exact) mass is 832 g/mol. The smallest absolute Gasteiger partial charge is 0.222 e. The fraction of sp³-hybridized carbons (Fsp3) is 0.907. The average molecular weight is 832 g/mol. The van der Waals surface area contributed by atoms with Crippen LogP contribution >= 0.6 is 0 Å². The molecule has 0 fully saturated rings. The van der Waals surface area contributed by atoms with Gasteiger partial charge < -0.3 is 20.6 Å². The van der Waals surface area contributed by atoms with Gasteiger partial charge >= 0.3 is 0 Å². The Labute approximate surface area is 369 Å². The van der Waals surface area contributed by atoms with E-state index in [4.69, 9.17) is 0 Å². The van der Waals surface area contributed by atoms with Crippen molar-refractivity contribution in [1.82, 2.24) is 5.32 Å². The van der Waals surface area contributed by atoms with Gasteiger partial charge in [0.15, 0.2) is 0 Å². The van der Waals surface area contributed by atoms with Crippen molar-refractivity contribution < 1.29 is 20.1 Å². The van der Waals surface area contributed by atoms with Gasteiger partial charge in [0, 0.05) is 0 Å². The molecular formula is C54H105NO4. The third-order valence-electron chi connectivity index (χ3n) is 12.5. The molecule has 3 atom stereocenters. The number of hydrogen-bond donors (Lipinski definition) is 4. The van der Waals surface area contributed by atoms with Gasteiger partial charge in [-0.15, -0.1) is 0 Å². The molecule has 0 aliphatic carbocycles. The van der Waals surface area contributed by atoms with Crippen LogP contribution in [0.1, 0.15) is 290 Å². The van der Waals surface area contributed by atoms with Gasteiger partial charge in [-0.2, -0.15) is 0 Å². The normalized spacial score (nSPS) is 13.5. The summed E-state index contributed by atoms with van der Waals surface area (Å²) >= 11 is 0. The SMILES string of the molecule is CCCCCCCCCCCCCCC/C=C\C/C=C\CCCCCCCCCCCCCCCCCC(O)CC(=O)NC(CO)C(O)CCCCCCCCCCC. The van der Waals surface area contributed by atoms with Crippen LogP contribution in [0.25, 0.3) is 0 Å². The lowest BCUT2D eigenvalue weighted by Gasteiger charge is -2.23. The minimum Gasteiger partial charge on any atom is -0.394 e. The van der Waals surface area contributed by atoms with Crippen LogP contribution in [0.2, 0.25) is 0 Å². The summed E-state index contributed by atoms with van der Waals surface area (Å²) in [6.07, 6.45) is 62.1. The summed E-state index contributed by atoms with van der Waals surface area (Å²) in [6.45, 7) is 4.25. The number of carbonyl (C=O) groups excluding carboxylic acids is 1. The lowest BCUT2D eigenvalue weighted by Crippen LogP contribution is -2.46. The first-order valence-electron chi connectivity index (χ1n) is 26.6. The molecule has 0 bridgehead atoms. The Morgan fingerprint density at radius 2 is 0.729 bits per heavy atom. The number of aliphatic hydroxyl groups excluding tert-OH is 3. The quantitative estimate of drug-likeness (QED) is 0.0363. The molecule has 0 aromatic rings. The Bertz CT molecular complexity index is 874. The standard InChI is InChI=1S/C54H105NO4/c1-3-5-7-9-11-13-14-15-16-17-18-19-20-21-22-23-24-25-26-27-28-29-30-31-32-33-34-35-36-37-38-40-41-43-45-47-51(57)49-54(59)55-52(50-56)53(58)48-46-44-42-39-12-10-8-6-4-2/h22-23,25-26,51-53,56-58H,3-21,24,27-50H2,1-2H3,(H,55,59)/b23-22-,26-25-. The van der Waals surface area contributed by atoms with Crippen LogP contribution in [0.4, 0.5) is 0 Å². The number of rotatable bonds is 49. The average Bonchev–Trinajstić information content (AvgIpc) is 3.23. The number of aliphatic hydroxyl groups is 3. The lowest BCUT2D eigenvalue weighted by molar-refractivity contribution is -0.125. The highest BCUT2D eigenvalue weighted by Gasteiger charge is 2.21. The Morgan fingerprint density at radius 3 is 1.07 bits per heavy atom. The molecule has 0 aromatic carbocycles. The van der Waals surface area contributed by atoms with E-state index in [1.807, 2.05) is 0 Å². The van der Waals surface area contributed by atoms with Crippen LogP contribution in [-0.2, 0) is 4.79 Å². The Hall–Kier alpha value is -1.17. The molecule has 0 radical (unpaired) electrons. The zero-order valence-corrected chi connectivity index (χ0v) is 39.9. The predicted molar refractivity (Wildman–Crippen MR) is 259 cm³/mol. The van der Waals surface area contributed by atoms with Crippen molar-refractivity contribution in [1.29, 1.82) is 0 Å². The van der Waals surface area contributed by atoms with E-state index in [1.165, 1.54) is 225 Å². The van der Waals surface area contributed by atoms with Gasteiger partial charge in [-0.05, 0) is 44.9 Å². The Balaban J connectivity index is 3.44. The molecule has 1 amide bonds.